The van der Waals surface area contributed by atoms with Crippen molar-refractivity contribution in [2.45, 2.75) is 19.5 Å². The monoisotopic (exact) mass is 233 g/mol. The van der Waals surface area contributed by atoms with E-state index in [1.54, 1.807) is 18.3 Å². The van der Waals surface area contributed by atoms with Crippen LogP contribution in [-0.2, 0) is 6.54 Å². The van der Waals surface area contributed by atoms with E-state index in [1.165, 1.54) is 6.07 Å². The molecule has 1 atom stereocenters. The number of hydrogen-bond donors (Lipinski definition) is 1. The summed E-state index contributed by atoms with van der Waals surface area (Å²) in [5.41, 5.74) is 0.702. The topological polar surface area (TPSA) is 29.9 Å². The van der Waals surface area contributed by atoms with Crippen molar-refractivity contribution in [2.24, 2.45) is 0 Å². The molecule has 0 fully saturated rings. The summed E-state index contributed by atoms with van der Waals surface area (Å²) >= 11 is 0. The Morgan fingerprint density at radius 3 is 2.88 bits per heavy atom. The van der Waals surface area contributed by atoms with E-state index < -0.39 is 0 Å². The maximum Gasteiger partial charge on any atom is 0.127 e. The third kappa shape index (κ3) is 3.14. The molecule has 0 saturated heterocycles. The van der Waals surface area contributed by atoms with Gasteiger partial charge in [0.25, 0.3) is 0 Å². The lowest BCUT2D eigenvalue weighted by molar-refractivity contribution is 0.489. The summed E-state index contributed by atoms with van der Waals surface area (Å²) in [6.45, 7) is 3.50. The number of aromatic nitrogens is 2. The van der Waals surface area contributed by atoms with Crippen LogP contribution in [0.15, 0.2) is 42.7 Å². The van der Waals surface area contributed by atoms with Crippen molar-refractivity contribution in [2.75, 3.05) is 6.54 Å². The van der Waals surface area contributed by atoms with Gasteiger partial charge < -0.3 is 5.32 Å². The number of benzene rings is 1. The summed E-state index contributed by atoms with van der Waals surface area (Å²) in [5, 5.41) is 7.38. The molecular formula is C13H16FN3. The molecule has 90 valence electrons. The lowest BCUT2D eigenvalue weighted by atomic mass is 10.1. The molecule has 1 aromatic carbocycles. The number of nitrogens with zero attached hydrogens (tertiary/aromatic N) is 2. The summed E-state index contributed by atoms with van der Waals surface area (Å²) in [5.74, 6) is -0.161. The molecule has 0 aliphatic rings. The minimum Gasteiger partial charge on any atom is -0.308 e. The van der Waals surface area contributed by atoms with Gasteiger partial charge in [-0.2, -0.15) is 5.10 Å². The molecule has 0 bridgehead atoms. The molecule has 3 nitrogen and oxygen atoms in total. The Hall–Kier alpha value is -1.68. The fraction of sp³-hybridized carbons (Fsp3) is 0.308. The Balaban J connectivity index is 1.85. The van der Waals surface area contributed by atoms with Gasteiger partial charge in [0.15, 0.2) is 0 Å². The summed E-state index contributed by atoms with van der Waals surface area (Å²) in [6, 6.07) is 8.74. The van der Waals surface area contributed by atoms with E-state index in [-0.39, 0.29) is 11.9 Å². The van der Waals surface area contributed by atoms with Gasteiger partial charge in [0.2, 0.25) is 0 Å². The van der Waals surface area contributed by atoms with Gasteiger partial charge in [-0.1, -0.05) is 18.2 Å². The number of halogens is 1. The number of hydrogen-bond acceptors (Lipinski definition) is 2. The van der Waals surface area contributed by atoms with Crippen LogP contribution in [0.5, 0.6) is 0 Å². The third-order valence-electron chi connectivity index (χ3n) is 2.72. The van der Waals surface area contributed by atoms with Gasteiger partial charge in [0.1, 0.15) is 5.82 Å². The summed E-state index contributed by atoms with van der Waals surface area (Å²) < 4.78 is 15.3. The molecule has 0 aliphatic carbocycles. The highest BCUT2D eigenvalue weighted by molar-refractivity contribution is 5.20. The SMILES string of the molecule is C[C@H](NCCn1cccn1)c1ccccc1F. The van der Waals surface area contributed by atoms with Crippen LogP contribution in [0, 0.1) is 5.82 Å². The highest BCUT2D eigenvalue weighted by Crippen LogP contribution is 2.15. The van der Waals surface area contributed by atoms with Gasteiger partial charge >= 0.3 is 0 Å². The van der Waals surface area contributed by atoms with Gasteiger partial charge in [0.05, 0.1) is 6.54 Å². The van der Waals surface area contributed by atoms with Crippen LogP contribution in [0.1, 0.15) is 18.5 Å². The first-order valence-electron chi connectivity index (χ1n) is 5.72. The predicted molar refractivity (Wildman–Crippen MR) is 65.0 cm³/mol. The highest BCUT2D eigenvalue weighted by Gasteiger charge is 2.08. The standard InChI is InChI=1S/C13H16FN3/c1-11(12-5-2-3-6-13(12)14)15-8-10-17-9-4-7-16-17/h2-7,9,11,15H,8,10H2,1H3/t11-/m0/s1. The second kappa shape index (κ2) is 5.59. The van der Waals surface area contributed by atoms with Gasteiger partial charge in [-0.3, -0.25) is 4.68 Å². The van der Waals surface area contributed by atoms with E-state index in [1.807, 2.05) is 29.9 Å². The van der Waals surface area contributed by atoms with E-state index in [4.69, 9.17) is 0 Å². The number of nitrogens with one attached hydrogen (secondary N) is 1. The zero-order chi connectivity index (χ0) is 12.1. The van der Waals surface area contributed by atoms with Crippen molar-refractivity contribution in [3.8, 4) is 0 Å². The highest BCUT2D eigenvalue weighted by atomic mass is 19.1. The summed E-state index contributed by atoms with van der Waals surface area (Å²) in [6.07, 6.45) is 3.66. The average molecular weight is 233 g/mol. The maximum atomic E-state index is 13.5. The lowest BCUT2D eigenvalue weighted by Gasteiger charge is -2.14. The molecule has 2 aromatic rings. The van der Waals surface area contributed by atoms with Crippen molar-refractivity contribution in [1.82, 2.24) is 15.1 Å². The van der Waals surface area contributed by atoms with Gasteiger partial charge in [0, 0.05) is 30.5 Å². The van der Waals surface area contributed by atoms with Crippen LogP contribution < -0.4 is 5.32 Å². The van der Waals surface area contributed by atoms with Crippen molar-refractivity contribution >= 4 is 0 Å². The molecule has 1 heterocycles. The average Bonchev–Trinajstić information content (AvgIpc) is 2.82. The van der Waals surface area contributed by atoms with E-state index >= 15 is 0 Å². The Labute approximate surface area is 100 Å². The third-order valence-corrected chi connectivity index (χ3v) is 2.72. The summed E-state index contributed by atoms with van der Waals surface area (Å²) in [4.78, 5) is 0. The Morgan fingerprint density at radius 1 is 1.35 bits per heavy atom. The molecule has 1 aromatic heterocycles. The molecule has 0 amide bonds. The molecular weight excluding hydrogens is 217 g/mol. The summed E-state index contributed by atoms with van der Waals surface area (Å²) in [7, 11) is 0. The molecule has 17 heavy (non-hydrogen) atoms. The zero-order valence-corrected chi connectivity index (χ0v) is 9.81. The normalized spacial score (nSPS) is 12.6. The minimum absolute atomic E-state index is 0.00626. The van der Waals surface area contributed by atoms with Crippen LogP contribution in [0.4, 0.5) is 4.39 Å². The molecule has 0 aliphatic heterocycles. The smallest absolute Gasteiger partial charge is 0.127 e. The molecule has 2 rings (SSSR count). The van der Waals surface area contributed by atoms with Gasteiger partial charge in [-0.15, -0.1) is 0 Å². The van der Waals surface area contributed by atoms with Gasteiger partial charge in [-0.25, -0.2) is 4.39 Å². The van der Waals surface area contributed by atoms with Crippen LogP contribution in [0.3, 0.4) is 0 Å². The second-order valence-electron chi connectivity index (χ2n) is 3.97. The van der Waals surface area contributed by atoms with Crippen LogP contribution in [-0.4, -0.2) is 16.3 Å². The van der Waals surface area contributed by atoms with Crippen LogP contribution in [0.25, 0.3) is 0 Å². The first-order chi connectivity index (χ1) is 8.27. The van der Waals surface area contributed by atoms with Crippen molar-refractivity contribution < 1.29 is 4.39 Å². The fourth-order valence-corrected chi connectivity index (χ4v) is 1.76. The van der Waals surface area contributed by atoms with E-state index in [0.29, 0.717) is 5.56 Å². The molecule has 0 radical (unpaired) electrons. The Morgan fingerprint density at radius 2 is 2.18 bits per heavy atom. The van der Waals surface area contributed by atoms with Gasteiger partial charge in [-0.05, 0) is 19.1 Å². The fourth-order valence-electron chi connectivity index (χ4n) is 1.76. The second-order valence-corrected chi connectivity index (χ2v) is 3.97. The minimum atomic E-state index is -0.161. The van der Waals surface area contributed by atoms with Crippen molar-refractivity contribution in [3.63, 3.8) is 0 Å². The Bertz CT molecular complexity index is 453. The van der Waals surface area contributed by atoms with E-state index in [2.05, 4.69) is 10.4 Å². The molecule has 4 heteroatoms. The predicted octanol–water partition coefficient (Wildman–Crippen LogP) is 2.37. The molecule has 1 N–H and O–H groups in total. The largest absolute Gasteiger partial charge is 0.308 e. The first kappa shape index (κ1) is 11.8. The zero-order valence-electron chi connectivity index (χ0n) is 9.81. The number of rotatable bonds is 5. The van der Waals surface area contributed by atoms with Crippen molar-refractivity contribution in [1.29, 1.82) is 0 Å². The van der Waals surface area contributed by atoms with E-state index in [0.717, 1.165) is 13.1 Å². The maximum absolute atomic E-state index is 13.5. The molecule has 0 saturated carbocycles. The first-order valence-corrected chi connectivity index (χ1v) is 5.72. The van der Waals surface area contributed by atoms with Crippen LogP contribution >= 0.6 is 0 Å². The lowest BCUT2D eigenvalue weighted by Crippen LogP contribution is -2.24. The quantitative estimate of drug-likeness (QED) is 0.859. The van der Waals surface area contributed by atoms with Crippen LogP contribution in [0.2, 0.25) is 0 Å². The molecule has 0 spiro atoms. The molecule has 0 unspecified atom stereocenters. The van der Waals surface area contributed by atoms with E-state index in [9.17, 15) is 4.39 Å². The van der Waals surface area contributed by atoms with Crippen molar-refractivity contribution in [3.05, 3.63) is 54.1 Å². The Kier molecular flexibility index (Phi) is 3.88.